The molecule has 0 amide bonds. The Labute approximate surface area is 328 Å². The summed E-state index contributed by atoms with van der Waals surface area (Å²) in [5.74, 6) is 0. The number of nitrogens with zero attached hydrogens (tertiary/aromatic N) is 2. The molecular formula is C54H31BN2. The second kappa shape index (κ2) is 9.64. The fourth-order valence-corrected chi connectivity index (χ4v) is 12.5. The zero-order valence-electron chi connectivity index (χ0n) is 31.1. The first-order valence-electron chi connectivity index (χ1n) is 20.2. The Bertz CT molecular complexity index is 3680. The standard InChI is InChI=1S/C54H31BN2/c1-30-27-28-33(32-14-3-2-13-31(30)32)40-29-44-53-48-52(40)56-47-26-9-6-17-36(47)37-19-11-24-45(50(37)56)55(48)46-25-12-20-39-38-18-10-23-43(49(38)57(53)51(39)46)54(44)41-21-7-4-15-34(41)35-16-5-8-22-42(35)54/h2-29H,1H3. The van der Waals surface area contributed by atoms with Crippen molar-refractivity contribution in [3.8, 4) is 33.6 Å². The highest BCUT2D eigenvalue weighted by atomic mass is 15.1. The highest BCUT2D eigenvalue weighted by Crippen LogP contribution is 2.62. The van der Waals surface area contributed by atoms with Crippen LogP contribution in [0.4, 0.5) is 0 Å². The Morgan fingerprint density at radius 3 is 1.70 bits per heavy atom. The zero-order valence-corrected chi connectivity index (χ0v) is 31.1. The van der Waals surface area contributed by atoms with E-state index in [-0.39, 0.29) is 6.71 Å². The van der Waals surface area contributed by atoms with Crippen molar-refractivity contribution in [1.82, 2.24) is 9.13 Å². The Hall–Kier alpha value is -7.10. The van der Waals surface area contributed by atoms with Crippen molar-refractivity contribution in [3.05, 3.63) is 198 Å². The molecule has 5 heterocycles. The highest BCUT2D eigenvalue weighted by Gasteiger charge is 2.54. The Kier molecular flexibility index (Phi) is 4.94. The summed E-state index contributed by atoms with van der Waals surface area (Å²) in [7, 11) is 0. The van der Waals surface area contributed by atoms with E-state index >= 15 is 0 Å². The van der Waals surface area contributed by atoms with Crippen LogP contribution in [-0.2, 0) is 5.41 Å². The van der Waals surface area contributed by atoms with Crippen molar-refractivity contribution in [1.29, 1.82) is 0 Å². The first-order valence-corrected chi connectivity index (χ1v) is 20.2. The molecule has 0 bridgehead atoms. The third-order valence-corrected chi connectivity index (χ3v) is 14.4. The molecule has 2 nitrogen and oxygen atoms in total. The molecular weight excluding hydrogens is 687 g/mol. The number of rotatable bonds is 1. The average Bonchev–Trinajstić information content (AvgIpc) is 3.89. The van der Waals surface area contributed by atoms with E-state index in [1.54, 1.807) is 0 Å². The van der Waals surface area contributed by atoms with Gasteiger partial charge in [0.25, 0.3) is 6.71 Å². The summed E-state index contributed by atoms with van der Waals surface area (Å²) in [6.07, 6.45) is 0. The third-order valence-electron chi connectivity index (χ3n) is 14.4. The number of hydrogen-bond donors (Lipinski definition) is 0. The summed E-state index contributed by atoms with van der Waals surface area (Å²) in [5, 5.41) is 7.90. The maximum Gasteiger partial charge on any atom is 0.252 e. The number of aromatic nitrogens is 2. The molecule has 0 fully saturated rings. The molecule has 0 saturated heterocycles. The molecule has 3 heteroatoms. The Balaban J connectivity index is 1.28. The van der Waals surface area contributed by atoms with Crippen LogP contribution in [0.2, 0.25) is 0 Å². The SMILES string of the molecule is Cc1ccc(-c2cc3c4c5c2-n2c6ccccc6c6cccc(c62)B5c2cccc5c6cccc(c6n-4c25)C32c3ccccc3-c3ccccc32)c2ccccc12. The van der Waals surface area contributed by atoms with E-state index in [1.807, 2.05) is 0 Å². The number of hydrogen-bond acceptors (Lipinski definition) is 0. The minimum atomic E-state index is -0.524. The summed E-state index contributed by atoms with van der Waals surface area (Å²) >= 11 is 0. The molecule has 1 spiro atoms. The molecule has 57 heavy (non-hydrogen) atoms. The van der Waals surface area contributed by atoms with Gasteiger partial charge in [-0.3, -0.25) is 0 Å². The fraction of sp³-hybridized carbons (Fsp3) is 0.0370. The van der Waals surface area contributed by atoms with Gasteiger partial charge in [0.15, 0.2) is 0 Å². The lowest BCUT2D eigenvalue weighted by atomic mass is 9.33. The second-order valence-corrected chi connectivity index (χ2v) is 16.7. The van der Waals surface area contributed by atoms with Gasteiger partial charge in [0.1, 0.15) is 0 Å². The van der Waals surface area contributed by atoms with Crippen LogP contribution in [0.15, 0.2) is 170 Å². The van der Waals surface area contributed by atoms with Crippen LogP contribution in [0.5, 0.6) is 0 Å². The summed E-state index contributed by atoms with van der Waals surface area (Å²) in [6, 6.07) is 65.3. The average molecular weight is 719 g/mol. The van der Waals surface area contributed by atoms with E-state index in [0.29, 0.717) is 0 Å². The lowest BCUT2D eigenvalue weighted by Crippen LogP contribution is -2.60. The molecule has 1 aliphatic carbocycles. The van der Waals surface area contributed by atoms with Crippen LogP contribution in [0.3, 0.4) is 0 Å². The summed E-state index contributed by atoms with van der Waals surface area (Å²) in [4.78, 5) is 0. The van der Waals surface area contributed by atoms with Crippen molar-refractivity contribution in [2.75, 3.05) is 0 Å². The third kappa shape index (κ3) is 3.05. The van der Waals surface area contributed by atoms with Crippen LogP contribution >= 0.6 is 0 Å². The van der Waals surface area contributed by atoms with Crippen molar-refractivity contribution in [2.24, 2.45) is 0 Å². The monoisotopic (exact) mass is 718 g/mol. The fourth-order valence-electron chi connectivity index (χ4n) is 12.5. The van der Waals surface area contributed by atoms with E-state index in [0.717, 1.165) is 0 Å². The van der Waals surface area contributed by atoms with E-state index in [2.05, 4.69) is 186 Å². The number of benzene rings is 9. The molecule has 0 atom stereocenters. The first-order chi connectivity index (χ1) is 28.2. The molecule has 9 aromatic carbocycles. The van der Waals surface area contributed by atoms with Gasteiger partial charge in [-0.2, -0.15) is 0 Å². The topological polar surface area (TPSA) is 9.86 Å². The molecule has 260 valence electrons. The van der Waals surface area contributed by atoms with E-state index in [9.17, 15) is 0 Å². The molecule has 15 rings (SSSR count). The van der Waals surface area contributed by atoms with E-state index in [1.165, 1.54) is 132 Å². The Morgan fingerprint density at radius 2 is 0.947 bits per heavy atom. The Morgan fingerprint density at radius 1 is 0.386 bits per heavy atom. The first kappa shape index (κ1) is 29.2. The minimum Gasteiger partial charge on any atom is -0.310 e. The summed E-state index contributed by atoms with van der Waals surface area (Å²) < 4.78 is 5.37. The second-order valence-electron chi connectivity index (χ2n) is 16.7. The van der Waals surface area contributed by atoms with Gasteiger partial charge in [0.2, 0.25) is 0 Å². The molecule has 0 saturated carbocycles. The quantitative estimate of drug-likeness (QED) is 0.150. The van der Waals surface area contributed by atoms with Gasteiger partial charge in [-0.15, -0.1) is 0 Å². The van der Waals surface area contributed by atoms with Crippen LogP contribution < -0.4 is 16.4 Å². The van der Waals surface area contributed by atoms with Gasteiger partial charge in [0, 0.05) is 43.8 Å². The van der Waals surface area contributed by atoms with Gasteiger partial charge in [0.05, 0.1) is 22.1 Å². The molecule has 4 aliphatic rings. The van der Waals surface area contributed by atoms with Crippen molar-refractivity contribution in [3.63, 3.8) is 0 Å². The lowest BCUT2D eigenvalue weighted by molar-refractivity contribution is 0.749. The maximum absolute atomic E-state index is 2.71. The van der Waals surface area contributed by atoms with Crippen LogP contribution in [0.1, 0.15) is 27.8 Å². The van der Waals surface area contributed by atoms with Gasteiger partial charge in [-0.25, -0.2) is 0 Å². The normalized spacial score (nSPS) is 14.5. The number of fused-ring (bicyclic) bond motifs is 15. The lowest BCUT2D eigenvalue weighted by Gasteiger charge is -2.44. The number of para-hydroxylation sites is 4. The summed E-state index contributed by atoms with van der Waals surface area (Å²) in [5.41, 5.74) is 23.7. The smallest absolute Gasteiger partial charge is 0.252 e. The van der Waals surface area contributed by atoms with Crippen molar-refractivity contribution < 1.29 is 0 Å². The predicted octanol–water partition coefficient (Wildman–Crippen LogP) is 10.8. The van der Waals surface area contributed by atoms with Crippen LogP contribution in [0, 0.1) is 6.92 Å². The highest BCUT2D eigenvalue weighted by molar-refractivity contribution is 7.00. The van der Waals surface area contributed by atoms with Gasteiger partial charge in [-0.05, 0) is 90.7 Å². The van der Waals surface area contributed by atoms with E-state index in [4.69, 9.17) is 0 Å². The maximum atomic E-state index is 2.71. The molecule has 2 aromatic heterocycles. The molecule has 11 aromatic rings. The minimum absolute atomic E-state index is 0.0527. The summed E-state index contributed by atoms with van der Waals surface area (Å²) in [6.45, 7) is 2.30. The van der Waals surface area contributed by atoms with Crippen LogP contribution in [0.25, 0.3) is 88.0 Å². The molecule has 0 radical (unpaired) electrons. The largest absolute Gasteiger partial charge is 0.310 e. The predicted molar refractivity (Wildman–Crippen MR) is 238 cm³/mol. The number of aryl methyl sites for hydroxylation is 1. The van der Waals surface area contributed by atoms with Crippen molar-refractivity contribution >= 4 is 77.5 Å². The zero-order chi connectivity index (χ0) is 36.9. The van der Waals surface area contributed by atoms with Gasteiger partial charge < -0.3 is 9.13 Å². The van der Waals surface area contributed by atoms with E-state index < -0.39 is 5.41 Å². The van der Waals surface area contributed by atoms with Crippen LogP contribution in [-0.4, -0.2) is 15.8 Å². The molecule has 0 unspecified atom stereocenters. The molecule has 0 N–H and O–H groups in total. The van der Waals surface area contributed by atoms with Crippen molar-refractivity contribution in [2.45, 2.75) is 12.3 Å². The van der Waals surface area contributed by atoms with Gasteiger partial charge >= 0.3 is 0 Å². The molecule has 3 aliphatic heterocycles. The van der Waals surface area contributed by atoms with Gasteiger partial charge in [-0.1, -0.05) is 158 Å².